The molecule has 9 heteroatoms. The minimum atomic E-state index is -3.87. The summed E-state index contributed by atoms with van der Waals surface area (Å²) in [6, 6.07) is 12.2. The zero-order valence-electron chi connectivity index (χ0n) is 19.5. The zero-order chi connectivity index (χ0) is 24.0. The Bertz CT molecular complexity index is 1220. The van der Waals surface area contributed by atoms with E-state index in [1.807, 2.05) is 31.2 Å². The van der Waals surface area contributed by atoms with Gasteiger partial charge < -0.3 is 11.1 Å². The van der Waals surface area contributed by atoms with Gasteiger partial charge in [0.15, 0.2) is 0 Å². The molecule has 176 valence electrons. The number of fused-ring (bicyclic) bond motifs is 1. The highest BCUT2D eigenvalue weighted by atomic mass is 32.2. The lowest BCUT2D eigenvalue weighted by molar-refractivity contribution is 0.241. The Morgan fingerprint density at radius 3 is 2.64 bits per heavy atom. The van der Waals surface area contributed by atoms with Crippen molar-refractivity contribution in [1.82, 2.24) is 9.62 Å². The molecule has 2 heterocycles. The van der Waals surface area contributed by atoms with Crippen LogP contribution >= 0.6 is 0 Å². The smallest absolute Gasteiger partial charge is 0.321 e. The van der Waals surface area contributed by atoms with Crippen molar-refractivity contribution in [3.63, 3.8) is 0 Å². The third-order valence-electron chi connectivity index (χ3n) is 5.98. The van der Waals surface area contributed by atoms with Crippen molar-refractivity contribution < 1.29 is 13.2 Å². The number of urea groups is 1. The van der Waals surface area contributed by atoms with Crippen LogP contribution in [-0.4, -0.2) is 44.3 Å². The van der Waals surface area contributed by atoms with Gasteiger partial charge in [-0.2, -0.15) is 0 Å². The molecule has 0 saturated heterocycles. The fourth-order valence-corrected chi connectivity index (χ4v) is 5.59. The Hall–Kier alpha value is -3.07. The molecule has 2 aromatic carbocycles. The molecule has 2 amide bonds. The summed E-state index contributed by atoms with van der Waals surface area (Å²) >= 11 is 0. The van der Waals surface area contributed by atoms with Gasteiger partial charge in [-0.3, -0.25) is 4.90 Å². The third kappa shape index (κ3) is 4.55. The highest BCUT2D eigenvalue weighted by Gasteiger charge is 2.36. The zero-order valence-corrected chi connectivity index (χ0v) is 20.3. The minimum absolute atomic E-state index is 0.00747. The van der Waals surface area contributed by atoms with Gasteiger partial charge in [-0.15, -0.1) is 0 Å². The molecule has 8 nitrogen and oxygen atoms in total. The molecule has 1 unspecified atom stereocenters. The van der Waals surface area contributed by atoms with Gasteiger partial charge in [-0.25, -0.2) is 22.5 Å². The van der Waals surface area contributed by atoms with Crippen LogP contribution in [0.4, 0.5) is 10.5 Å². The van der Waals surface area contributed by atoms with Crippen molar-refractivity contribution in [3.8, 4) is 0 Å². The quantitative estimate of drug-likeness (QED) is 0.717. The molecular formula is C24H31N5O3S. The Balaban J connectivity index is 1.54. The number of anilines is 1. The van der Waals surface area contributed by atoms with E-state index in [-0.39, 0.29) is 34.9 Å². The Labute approximate surface area is 195 Å². The fraction of sp³-hybridized carbons (Fsp3) is 0.417. The van der Waals surface area contributed by atoms with Gasteiger partial charge >= 0.3 is 6.03 Å². The lowest BCUT2D eigenvalue weighted by Gasteiger charge is -2.23. The van der Waals surface area contributed by atoms with E-state index in [1.54, 1.807) is 17.0 Å². The molecule has 0 aliphatic carbocycles. The average molecular weight is 470 g/mol. The number of nitrogens with zero attached hydrogens (tertiary/aromatic N) is 3. The van der Waals surface area contributed by atoms with Crippen LogP contribution in [0.15, 0.2) is 52.4 Å². The Kier molecular flexibility index (Phi) is 5.86. The standard InChI is InChI=1S/C24H31N5O3S/c1-16-7-5-6-8-19(16)20-14-29(22(25)27-20)33(31,32)18-9-10-21-17(13-18)11-12-28(21)23(30)26-15-24(2,3)4/h5-10,13,20H,11-12,14-15H2,1-4H3,(H2,25,27)(H,26,30). The van der Waals surface area contributed by atoms with Crippen molar-refractivity contribution in [2.45, 2.75) is 45.1 Å². The number of hydrogen-bond acceptors (Lipinski definition) is 5. The average Bonchev–Trinajstić information content (AvgIpc) is 3.35. The van der Waals surface area contributed by atoms with Gasteiger partial charge in [0.1, 0.15) is 0 Å². The Morgan fingerprint density at radius 2 is 1.94 bits per heavy atom. The second kappa shape index (κ2) is 8.37. The maximum atomic E-state index is 13.4. The predicted octanol–water partition coefficient (Wildman–Crippen LogP) is 3.17. The van der Waals surface area contributed by atoms with E-state index < -0.39 is 10.0 Å². The van der Waals surface area contributed by atoms with E-state index in [0.717, 1.165) is 22.4 Å². The summed E-state index contributed by atoms with van der Waals surface area (Å²) in [5.41, 5.74) is 9.60. The van der Waals surface area contributed by atoms with Crippen LogP contribution in [-0.2, 0) is 16.4 Å². The summed E-state index contributed by atoms with van der Waals surface area (Å²) in [5.74, 6) is -0.00747. The van der Waals surface area contributed by atoms with E-state index >= 15 is 0 Å². The summed E-state index contributed by atoms with van der Waals surface area (Å²) in [6.07, 6.45) is 0.594. The number of benzene rings is 2. The van der Waals surface area contributed by atoms with Gasteiger partial charge in [-0.05, 0) is 53.6 Å². The number of sulfonamides is 1. The van der Waals surface area contributed by atoms with Gasteiger partial charge in [0.05, 0.1) is 17.5 Å². The van der Waals surface area contributed by atoms with Crippen LogP contribution in [0.3, 0.4) is 0 Å². The first-order valence-electron chi connectivity index (χ1n) is 11.1. The van der Waals surface area contributed by atoms with Gasteiger partial charge in [0.25, 0.3) is 10.0 Å². The number of aliphatic imine (C=N–C) groups is 1. The minimum Gasteiger partial charge on any atom is -0.369 e. The summed E-state index contributed by atoms with van der Waals surface area (Å²) in [6.45, 7) is 9.37. The summed E-state index contributed by atoms with van der Waals surface area (Å²) in [7, 11) is -3.87. The van der Waals surface area contributed by atoms with Gasteiger partial charge in [-0.1, -0.05) is 45.0 Å². The molecule has 1 atom stereocenters. The highest BCUT2D eigenvalue weighted by Crippen LogP contribution is 2.34. The Morgan fingerprint density at radius 1 is 1.21 bits per heavy atom. The van der Waals surface area contributed by atoms with E-state index in [1.165, 1.54) is 10.4 Å². The van der Waals surface area contributed by atoms with Crippen molar-refractivity contribution >= 4 is 27.7 Å². The predicted molar refractivity (Wildman–Crippen MR) is 130 cm³/mol. The van der Waals surface area contributed by atoms with Crippen molar-refractivity contribution in [2.24, 2.45) is 16.1 Å². The molecule has 0 fully saturated rings. The van der Waals surface area contributed by atoms with E-state index in [4.69, 9.17) is 5.73 Å². The normalized spacial score (nSPS) is 18.3. The van der Waals surface area contributed by atoms with Crippen LogP contribution in [0, 0.1) is 12.3 Å². The molecule has 0 bridgehead atoms. The summed E-state index contributed by atoms with van der Waals surface area (Å²) in [4.78, 5) is 18.9. The summed E-state index contributed by atoms with van der Waals surface area (Å²) < 4.78 is 28.0. The third-order valence-corrected chi connectivity index (χ3v) is 7.75. The number of hydrogen-bond donors (Lipinski definition) is 2. The molecular weight excluding hydrogens is 438 g/mol. The molecule has 33 heavy (non-hydrogen) atoms. The van der Waals surface area contributed by atoms with E-state index in [0.29, 0.717) is 19.5 Å². The summed E-state index contributed by atoms with van der Waals surface area (Å²) in [5, 5.41) is 2.95. The highest BCUT2D eigenvalue weighted by molar-refractivity contribution is 7.89. The fourth-order valence-electron chi connectivity index (χ4n) is 4.18. The molecule has 0 spiro atoms. The molecule has 0 aromatic heterocycles. The molecule has 0 radical (unpaired) electrons. The molecule has 0 saturated carbocycles. The number of nitrogens with two attached hydrogens (primary N) is 1. The van der Waals surface area contributed by atoms with Crippen LogP contribution in [0.1, 0.15) is 43.5 Å². The van der Waals surface area contributed by atoms with Crippen molar-refractivity contribution in [1.29, 1.82) is 0 Å². The lowest BCUT2D eigenvalue weighted by Crippen LogP contribution is -2.42. The van der Waals surface area contributed by atoms with Crippen LogP contribution in [0.5, 0.6) is 0 Å². The maximum Gasteiger partial charge on any atom is 0.321 e. The molecule has 4 rings (SSSR count). The van der Waals surface area contributed by atoms with Crippen molar-refractivity contribution in [2.75, 3.05) is 24.5 Å². The molecule has 2 aromatic rings. The van der Waals surface area contributed by atoms with Gasteiger partial charge in [0.2, 0.25) is 5.96 Å². The first-order chi connectivity index (χ1) is 15.5. The van der Waals surface area contributed by atoms with E-state index in [9.17, 15) is 13.2 Å². The first kappa shape index (κ1) is 23.1. The number of carbonyl (C=O) groups excluding carboxylic acids is 1. The molecule has 2 aliphatic heterocycles. The molecule has 2 aliphatic rings. The van der Waals surface area contributed by atoms with Crippen LogP contribution in [0.2, 0.25) is 0 Å². The maximum absolute atomic E-state index is 13.4. The number of rotatable bonds is 4. The number of guanidine groups is 1. The number of amides is 2. The number of carbonyl (C=O) groups is 1. The number of aryl methyl sites for hydroxylation is 1. The largest absolute Gasteiger partial charge is 0.369 e. The molecule has 3 N–H and O–H groups in total. The first-order valence-corrected chi connectivity index (χ1v) is 12.5. The van der Waals surface area contributed by atoms with Gasteiger partial charge in [0, 0.05) is 18.8 Å². The van der Waals surface area contributed by atoms with Crippen LogP contribution < -0.4 is 16.0 Å². The number of nitrogens with one attached hydrogen (secondary N) is 1. The monoisotopic (exact) mass is 469 g/mol. The van der Waals surface area contributed by atoms with Crippen LogP contribution in [0.25, 0.3) is 0 Å². The second-order valence-corrected chi connectivity index (χ2v) is 11.7. The SMILES string of the molecule is Cc1ccccc1C1CN(S(=O)(=O)c2ccc3c(c2)CCN3C(=O)NCC(C)(C)C)C(N)=N1. The second-order valence-electron chi connectivity index (χ2n) is 9.81. The van der Waals surface area contributed by atoms with Crippen molar-refractivity contribution in [3.05, 3.63) is 59.2 Å². The topological polar surface area (TPSA) is 108 Å². The lowest BCUT2D eigenvalue weighted by atomic mass is 9.97. The van der Waals surface area contributed by atoms with E-state index in [2.05, 4.69) is 31.1 Å².